The van der Waals surface area contributed by atoms with Gasteiger partial charge in [0.1, 0.15) is 0 Å². The molecular formula is C13H17N3O2. The first-order valence-electron chi connectivity index (χ1n) is 5.78. The van der Waals surface area contributed by atoms with Crippen LogP contribution in [0.4, 0.5) is 0 Å². The summed E-state index contributed by atoms with van der Waals surface area (Å²) in [4.78, 5) is 12.0. The molecule has 1 amide bonds. The Morgan fingerprint density at radius 1 is 1.50 bits per heavy atom. The summed E-state index contributed by atoms with van der Waals surface area (Å²) in [5.74, 6) is -0.197. The SMILES string of the molecule is Cn1ncc2ccc(C(=O)NC(C)(C)CO)cc21. The third kappa shape index (κ3) is 2.36. The van der Waals surface area contributed by atoms with Gasteiger partial charge in [-0.1, -0.05) is 6.07 Å². The number of aromatic nitrogens is 2. The van der Waals surface area contributed by atoms with Gasteiger partial charge in [-0.3, -0.25) is 9.48 Å². The predicted octanol–water partition coefficient (Wildman–Crippen LogP) is 1.07. The normalized spacial score (nSPS) is 11.8. The van der Waals surface area contributed by atoms with Crippen LogP contribution in [0.5, 0.6) is 0 Å². The van der Waals surface area contributed by atoms with Crippen molar-refractivity contribution in [3.05, 3.63) is 30.0 Å². The minimum Gasteiger partial charge on any atom is -0.394 e. The van der Waals surface area contributed by atoms with Crippen molar-refractivity contribution < 1.29 is 9.90 Å². The van der Waals surface area contributed by atoms with Gasteiger partial charge in [-0.25, -0.2) is 0 Å². The highest BCUT2D eigenvalue weighted by Gasteiger charge is 2.20. The number of aliphatic hydroxyl groups is 1. The van der Waals surface area contributed by atoms with Crippen LogP contribution in [0, 0.1) is 0 Å². The lowest BCUT2D eigenvalue weighted by Crippen LogP contribution is -2.46. The molecule has 1 aromatic heterocycles. The van der Waals surface area contributed by atoms with Crippen LogP contribution in [-0.2, 0) is 7.05 Å². The van der Waals surface area contributed by atoms with E-state index in [9.17, 15) is 4.79 Å². The van der Waals surface area contributed by atoms with E-state index in [0.717, 1.165) is 10.9 Å². The average molecular weight is 247 g/mol. The number of hydrogen-bond donors (Lipinski definition) is 2. The van der Waals surface area contributed by atoms with Gasteiger partial charge in [0.05, 0.1) is 23.9 Å². The summed E-state index contributed by atoms with van der Waals surface area (Å²) in [5, 5.41) is 17.1. The number of hydrogen-bond acceptors (Lipinski definition) is 3. The highest BCUT2D eigenvalue weighted by molar-refractivity contribution is 5.98. The van der Waals surface area contributed by atoms with Gasteiger partial charge < -0.3 is 10.4 Å². The summed E-state index contributed by atoms with van der Waals surface area (Å²) in [6.07, 6.45) is 1.76. The maximum absolute atomic E-state index is 12.0. The van der Waals surface area contributed by atoms with Gasteiger partial charge in [0.2, 0.25) is 0 Å². The summed E-state index contributed by atoms with van der Waals surface area (Å²) < 4.78 is 1.73. The van der Waals surface area contributed by atoms with Crippen LogP contribution in [0.1, 0.15) is 24.2 Å². The Morgan fingerprint density at radius 2 is 2.22 bits per heavy atom. The standard InChI is InChI=1S/C13H17N3O2/c1-13(2,8-17)15-12(18)9-4-5-10-7-14-16(3)11(10)6-9/h4-7,17H,8H2,1-3H3,(H,15,18). The lowest BCUT2D eigenvalue weighted by molar-refractivity contribution is 0.0869. The lowest BCUT2D eigenvalue weighted by Gasteiger charge is -2.23. The third-order valence-corrected chi connectivity index (χ3v) is 2.86. The molecule has 96 valence electrons. The van der Waals surface area contributed by atoms with Crippen molar-refractivity contribution in [3.63, 3.8) is 0 Å². The van der Waals surface area contributed by atoms with Gasteiger partial charge >= 0.3 is 0 Å². The highest BCUT2D eigenvalue weighted by atomic mass is 16.3. The van der Waals surface area contributed by atoms with E-state index in [0.29, 0.717) is 5.56 Å². The minimum absolute atomic E-state index is 0.104. The van der Waals surface area contributed by atoms with Crippen LogP contribution in [0.25, 0.3) is 10.9 Å². The molecule has 0 saturated heterocycles. The number of carbonyl (C=O) groups is 1. The summed E-state index contributed by atoms with van der Waals surface area (Å²) in [6, 6.07) is 5.42. The molecule has 5 heteroatoms. The van der Waals surface area contributed by atoms with Crippen LogP contribution >= 0.6 is 0 Å². The Hall–Kier alpha value is -1.88. The molecule has 0 aliphatic rings. The molecule has 1 aromatic carbocycles. The van der Waals surface area contributed by atoms with Gasteiger partial charge in [0, 0.05) is 18.0 Å². The maximum atomic E-state index is 12.0. The molecule has 2 aromatic rings. The van der Waals surface area contributed by atoms with Crippen molar-refractivity contribution in [3.8, 4) is 0 Å². The second-order valence-electron chi connectivity index (χ2n) is 5.04. The van der Waals surface area contributed by atoms with Gasteiger partial charge in [-0.05, 0) is 26.0 Å². The first kappa shape index (κ1) is 12.6. The molecule has 1 heterocycles. The molecule has 0 unspecified atom stereocenters. The quantitative estimate of drug-likeness (QED) is 0.852. The number of nitrogens with one attached hydrogen (secondary N) is 1. The molecule has 5 nitrogen and oxygen atoms in total. The number of nitrogens with zero attached hydrogens (tertiary/aromatic N) is 2. The van der Waals surface area contributed by atoms with E-state index < -0.39 is 5.54 Å². The Bertz CT molecular complexity index is 587. The van der Waals surface area contributed by atoms with Gasteiger partial charge in [0.15, 0.2) is 0 Å². The lowest BCUT2D eigenvalue weighted by atomic mass is 10.1. The summed E-state index contributed by atoms with van der Waals surface area (Å²) in [5.41, 5.74) is 0.843. The van der Waals surface area contributed by atoms with Gasteiger partial charge in [0.25, 0.3) is 5.91 Å². The first-order valence-corrected chi connectivity index (χ1v) is 5.78. The van der Waals surface area contributed by atoms with Crippen molar-refractivity contribution in [1.82, 2.24) is 15.1 Å². The predicted molar refractivity (Wildman–Crippen MR) is 69.3 cm³/mol. The van der Waals surface area contributed by atoms with E-state index in [1.807, 2.05) is 13.1 Å². The molecule has 0 aliphatic heterocycles. The molecule has 0 aliphatic carbocycles. The molecule has 2 rings (SSSR count). The molecular weight excluding hydrogens is 230 g/mol. The highest BCUT2D eigenvalue weighted by Crippen LogP contribution is 2.15. The molecule has 0 spiro atoms. The van der Waals surface area contributed by atoms with Crippen molar-refractivity contribution in [1.29, 1.82) is 0 Å². The number of aliphatic hydroxyl groups excluding tert-OH is 1. The summed E-state index contributed by atoms with van der Waals surface area (Å²) in [7, 11) is 1.83. The fourth-order valence-corrected chi connectivity index (χ4v) is 1.70. The van der Waals surface area contributed by atoms with Crippen molar-refractivity contribution >= 4 is 16.8 Å². The maximum Gasteiger partial charge on any atom is 0.251 e. The van der Waals surface area contributed by atoms with Crippen molar-refractivity contribution in [2.45, 2.75) is 19.4 Å². The van der Waals surface area contributed by atoms with Crippen LogP contribution in [-0.4, -0.2) is 32.9 Å². The topological polar surface area (TPSA) is 67.2 Å². The van der Waals surface area contributed by atoms with Crippen LogP contribution in [0.3, 0.4) is 0 Å². The summed E-state index contributed by atoms with van der Waals surface area (Å²) >= 11 is 0. The summed E-state index contributed by atoms with van der Waals surface area (Å²) in [6.45, 7) is 3.44. The Balaban J connectivity index is 2.31. The largest absolute Gasteiger partial charge is 0.394 e. The minimum atomic E-state index is -0.626. The van der Waals surface area contributed by atoms with E-state index in [1.165, 1.54) is 0 Å². The Morgan fingerprint density at radius 3 is 2.89 bits per heavy atom. The van der Waals surface area contributed by atoms with E-state index >= 15 is 0 Å². The van der Waals surface area contributed by atoms with Crippen molar-refractivity contribution in [2.24, 2.45) is 7.05 Å². The molecule has 0 fully saturated rings. The average Bonchev–Trinajstić information content (AvgIpc) is 2.70. The zero-order chi connectivity index (χ0) is 13.3. The number of aryl methyl sites for hydroxylation is 1. The zero-order valence-corrected chi connectivity index (χ0v) is 10.8. The number of benzene rings is 1. The Kier molecular flexibility index (Phi) is 3.09. The third-order valence-electron chi connectivity index (χ3n) is 2.86. The van der Waals surface area contributed by atoms with E-state index in [2.05, 4.69) is 10.4 Å². The van der Waals surface area contributed by atoms with Crippen LogP contribution in [0.2, 0.25) is 0 Å². The van der Waals surface area contributed by atoms with E-state index in [1.54, 1.807) is 36.9 Å². The van der Waals surface area contributed by atoms with Crippen LogP contribution in [0.15, 0.2) is 24.4 Å². The van der Waals surface area contributed by atoms with Crippen LogP contribution < -0.4 is 5.32 Å². The van der Waals surface area contributed by atoms with E-state index in [4.69, 9.17) is 5.11 Å². The fraction of sp³-hybridized carbons (Fsp3) is 0.385. The second-order valence-corrected chi connectivity index (χ2v) is 5.04. The molecule has 0 atom stereocenters. The van der Waals surface area contributed by atoms with Gasteiger partial charge in [-0.2, -0.15) is 5.10 Å². The molecule has 0 saturated carbocycles. The van der Waals surface area contributed by atoms with Gasteiger partial charge in [-0.15, -0.1) is 0 Å². The van der Waals surface area contributed by atoms with E-state index in [-0.39, 0.29) is 12.5 Å². The fourth-order valence-electron chi connectivity index (χ4n) is 1.70. The molecule has 2 N–H and O–H groups in total. The number of carbonyl (C=O) groups excluding carboxylic acids is 1. The smallest absolute Gasteiger partial charge is 0.251 e. The zero-order valence-electron chi connectivity index (χ0n) is 10.8. The second kappa shape index (κ2) is 4.42. The molecule has 0 bridgehead atoms. The molecule has 0 radical (unpaired) electrons. The number of fused-ring (bicyclic) bond motifs is 1. The number of rotatable bonds is 3. The Labute approximate surface area is 105 Å². The molecule has 18 heavy (non-hydrogen) atoms. The monoisotopic (exact) mass is 247 g/mol. The number of amides is 1. The van der Waals surface area contributed by atoms with Crippen molar-refractivity contribution in [2.75, 3.05) is 6.61 Å². The first-order chi connectivity index (χ1) is 8.43.